The van der Waals surface area contributed by atoms with Crippen LogP contribution >= 0.6 is 0 Å². The van der Waals surface area contributed by atoms with Crippen molar-refractivity contribution in [1.82, 2.24) is 18.7 Å². The molecular formula is C22H22F5N5O. The van der Waals surface area contributed by atoms with Gasteiger partial charge in [-0.3, -0.25) is 14.1 Å². The van der Waals surface area contributed by atoms with Gasteiger partial charge in [-0.15, -0.1) is 0 Å². The number of halogens is 5. The number of pyridine rings is 1. The predicted molar refractivity (Wildman–Crippen MR) is 114 cm³/mol. The summed E-state index contributed by atoms with van der Waals surface area (Å²) in [6.07, 6.45) is -4.41. The second-order valence-corrected chi connectivity index (χ2v) is 7.85. The molecule has 0 atom stereocenters. The van der Waals surface area contributed by atoms with Crippen molar-refractivity contribution in [2.24, 2.45) is 5.73 Å². The number of aryl methyl sites for hydroxylation is 1. The number of hydrogen-bond donors (Lipinski definition) is 1. The third kappa shape index (κ3) is 4.77. The topological polar surface area (TPSA) is 70.8 Å². The Hall–Kier alpha value is -3.21. The van der Waals surface area contributed by atoms with Crippen LogP contribution < -0.4 is 11.4 Å². The van der Waals surface area contributed by atoms with Crippen LogP contribution in [-0.4, -0.2) is 31.3 Å². The number of imidazole rings is 1. The van der Waals surface area contributed by atoms with E-state index in [0.717, 1.165) is 16.5 Å². The first-order chi connectivity index (χ1) is 15.7. The third-order valence-corrected chi connectivity index (χ3v) is 5.57. The van der Waals surface area contributed by atoms with Crippen molar-refractivity contribution in [2.45, 2.75) is 51.6 Å². The maximum absolute atomic E-state index is 13.1. The van der Waals surface area contributed by atoms with Gasteiger partial charge in [0.05, 0.1) is 23.8 Å². The van der Waals surface area contributed by atoms with Crippen LogP contribution in [0.5, 0.6) is 0 Å². The maximum atomic E-state index is 13.1. The molecule has 3 aromatic heterocycles. The van der Waals surface area contributed by atoms with Crippen LogP contribution in [0.15, 0.2) is 47.5 Å². The van der Waals surface area contributed by atoms with Gasteiger partial charge in [0.1, 0.15) is 6.54 Å². The molecule has 4 aromatic rings. The average Bonchev–Trinajstić information content (AvgIpc) is 3.22. The Kier molecular flexibility index (Phi) is 6.24. The summed E-state index contributed by atoms with van der Waals surface area (Å²) in [7, 11) is 0. The van der Waals surface area contributed by atoms with Crippen LogP contribution in [-0.2, 0) is 26.2 Å². The zero-order chi connectivity index (χ0) is 23.8. The number of rotatable bonds is 8. The van der Waals surface area contributed by atoms with Gasteiger partial charge in [0.15, 0.2) is 0 Å². The molecule has 176 valence electrons. The molecule has 0 spiro atoms. The number of nitrogens with two attached hydrogens (primary N) is 1. The Morgan fingerprint density at radius 2 is 1.79 bits per heavy atom. The Balaban J connectivity index is 1.81. The van der Waals surface area contributed by atoms with Crippen LogP contribution in [0.4, 0.5) is 22.0 Å². The van der Waals surface area contributed by atoms with E-state index in [2.05, 4.69) is 4.98 Å². The quantitative estimate of drug-likeness (QED) is 0.394. The lowest BCUT2D eigenvalue weighted by Crippen LogP contribution is -2.30. The molecule has 3 heterocycles. The summed E-state index contributed by atoms with van der Waals surface area (Å²) in [5.74, 6) is 0. The van der Waals surface area contributed by atoms with Gasteiger partial charge >= 0.3 is 11.9 Å². The molecule has 0 radical (unpaired) electrons. The van der Waals surface area contributed by atoms with Crippen LogP contribution in [0.1, 0.15) is 24.1 Å². The lowest BCUT2D eigenvalue weighted by molar-refractivity contribution is -0.140. The minimum atomic E-state index is -4.57. The van der Waals surface area contributed by atoms with Crippen molar-refractivity contribution in [3.8, 4) is 0 Å². The summed E-state index contributed by atoms with van der Waals surface area (Å²) in [5, 5.41) is 0.815. The Morgan fingerprint density at radius 1 is 1.00 bits per heavy atom. The highest BCUT2D eigenvalue weighted by Crippen LogP contribution is 2.25. The lowest BCUT2D eigenvalue weighted by Gasteiger charge is -2.12. The van der Waals surface area contributed by atoms with E-state index in [-0.39, 0.29) is 37.0 Å². The largest absolute Gasteiger partial charge is 0.406 e. The van der Waals surface area contributed by atoms with Gasteiger partial charge in [0.25, 0.3) is 0 Å². The van der Waals surface area contributed by atoms with Crippen molar-refractivity contribution in [3.63, 3.8) is 0 Å². The monoisotopic (exact) mass is 467 g/mol. The Bertz CT molecular complexity index is 1330. The molecule has 0 saturated carbocycles. The standard InChI is InChI=1S/C22H22F5N5O/c23-20(24)2-1-7-30-16(9-15-8-14(10-28)3-4-17(15)30)12-31-19-11-29-6-5-18(19)32(21(31)33)13-22(25,26)27/h3-6,8-9,11,20H,1-2,7,10,12-13,28H2. The molecule has 0 aliphatic carbocycles. The summed E-state index contributed by atoms with van der Waals surface area (Å²) < 4.78 is 68.5. The van der Waals surface area contributed by atoms with Gasteiger partial charge in [-0.2, -0.15) is 13.2 Å². The normalized spacial score (nSPS) is 12.5. The van der Waals surface area contributed by atoms with Crippen LogP contribution in [0.2, 0.25) is 0 Å². The zero-order valence-corrected chi connectivity index (χ0v) is 17.5. The first-order valence-electron chi connectivity index (χ1n) is 10.4. The van der Waals surface area contributed by atoms with Gasteiger partial charge in [0.2, 0.25) is 6.43 Å². The molecule has 11 heteroatoms. The molecular weight excluding hydrogens is 445 g/mol. The second kappa shape index (κ2) is 8.97. The van der Waals surface area contributed by atoms with Crippen molar-refractivity contribution in [2.75, 3.05) is 0 Å². The molecule has 33 heavy (non-hydrogen) atoms. The highest BCUT2D eigenvalue weighted by atomic mass is 19.4. The van der Waals surface area contributed by atoms with E-state index in [1.807, 2.05) is 28.8 Å². The molecule has 0 aliphatic rings. The third-order valence-electron chi connectivity index (χ3n) is 5.57. The molecule has 1 aromatic carbocycles. The number of aromatic nitrogens is 4. The van der Waals surface area contributed by atoms with E-state index < -0.39 is 24.8 Å². The van der Waals surface area contributed by atoms with Crippen molar-refractivity contribution >= 4 is 21.9 Å². The number of benzene rings is 1. The summed E-state index contributed by atoms with van der Waals surface area (Å²) >= 11 is 0. The van der Waals surface area contributed by atoms with Crippen LogP contribution in [0.25, 0.3) is 21.9 Å². The number of hydrogen-bond acceptors (Lipinski definition) is 3. The molecule has 0 fully saturated rings. The molecule has 0 aliphatic heterocycles. The maximum Gasteiger partial charge on any atom is 0.406 e. The van der Waals surface area contributed by atoms with E-state index in [9.17, 15) is 26.7 Å². The van der Waals surface area contributed by atoms with Gasteiger partial charge in [-0.25, -0.2) is 13.6 Å². The average molecular weight is 467 g/mol. The van der Waals surface area contributed by atoms with E-state index in [1.165, 1.54) is 23.0 Å². The molecule has 0 unspecified atom stereocenters. The van der Waals surface area contributed by atoms with Crippen LogP contribution in [0.3, 0.4) is 0 Å². The fraction of sp³-hybridized carbons (Fsp3) is 0.364. The minimum absolute atomic E-state index is 0.0345. The van der Waals surface area contributed by atoms with E-state index in [1.54, 1.807) is 0 Å². The molecule has 0 saturated heterocycles. The highest BCUT2D eigenvalue weighted by molar-refractivity contribution is 5.82. The lowest BCUT2D eigenvalue weighted by atomic mass is 10.1. The molecule has 4 rings (SSSR count). The van der Waals surface area contributed by atoms with Crippen molar-refractivity contribution in [3.05, 3.63) is 64.5 Å². The van der Waals surface area contributed by atoms with Crippen molar-refractivity contribution < 1.29 is 22.0 Å². The fourth-order valence-electron chi connectivity index (χ4n) is 4.12. The Labute approximate surface area is 185 Å². The smallest absolute Gasteiger partial charge is 0.343 e. The summed E-state index contributed by atoms with van der Waals surface area (Å²) in [6, 6.07) is 8.72. The minimum Gasteiger partial charge on any atom is -0.343 e. The first kappa shape index (κ1) is 23.0. The molecule has 6 nitrogen and oxygen atoms in total. The molecule has 0 bridgehead atoms. The second-order valence-electron chi connectivity index (χ2n) is 7.85. The van der Waals surface area contributed by atoms with Crippen molar-refractivity contribution in [1.29, 1.82) is 0 Å². The van der Waals surface area contributed by atoms with Crippen LogP contribution in [0, 0.1) is 0 Å². The van der Waals surface area contributed by atoms with Gasteiger partial charge in [-0.1, -0.05) is 6.07 Å². The van der Waals surface area contributed by atoms with Gasteiger partial charge in [0, 0.05) is 42.3 Å². The zero-order valence-electron chi connectivity index (χ0n) is 17.5. The molecule has 0 amide bonds. The van der Waals surface area contributed by atoms with Gasteiger partial charge in [-0.05, 0) is 36.2 Å². The number of alkyl halides is 5. The summed E-state index contributed by atoms with van der Waals surface area (Å²) in [6.45, 7) is -0.860. The molecule has 2 N–H and O–H groups in total. The highest BCUT2D eigenvalue weighted by Gasteiger charge is 2.31. The number of nitrogens with zero attached hydrogens (tertiary/aromatic N) is 4. The SMILES string of the molecule is NCc1ccc2c(c1)cc(Cn1c(=O)n(CC(F)(F)F)c3ccncc31)n2CCCC(F)F. The van der Waals surface area contributed by atoms with E-state index >= 15 is 0 Å². The van der Waals surface area contributed by atoms with E-state index in [4.69, 9.17) is 5.73 Å². The fourth-order valence-corrected chi connectivity index (χ4v) is 4.12. The summed E-state index contributed by atoms with van der Waals surface area (Å²) in [5.41, 5.74) is 7.56. The Morgan fingerprint density at radius 3 is 2.48 bits per heavy atom. The number of fused-ring (bicyclic) bond motifs is 2. The van der Waals surface area contributed by atoms with E-state index in [0.29, 0.717) is 16.8 Å². The predicted octanol–water partition coefficient (Wildman–Crippen LogP) is 4.27. The summed E-state index contributed by atoms with van der Waals surface area (Å²) in [4.78, 5) is 16.9. The first-order valence-corrected chi connectivity index (χ1v) is 10.4. The van der Waals surface area contributed by atoms with Gasteiger partial charge < -0.3 is 10.3 Å².